The van der Waals surface area contributed by atoms with Gasteiger partial charge in [-0.1, -0.05) is 13.3 Å². The molecule has 0 aromatic heterocycles. The third-order valence-electron chi connectivity index (χ3n) is 2.22. The maximum absolute atomic E-state index is 9.56. The van der Waals surface area contributed by atoms with Crippen molar-refractivity contribution in [2.45, 2.75) is 44.8 Å². The van der Waals surface area contributed by atoms with E-state index in [1.165, 1.54) is 0 Å². The Morgan fingerprint density at radius 1 is 1.47 bits per heavy atom. The molecule has 0 amide bonds. The van der Waals surface area contributed by atoms with Crippen molar-refractivity contribution in [3.8, 4) is 0 Å². The van der Waals surface area contributed by atoms with Gasteiger partial charge in [0.05, 0.1) is 6.42 Å². The first-order chi connectivity index (χ1) is 7.13. The Morgan fingerprint density at radius 3 is 2.87 bits per heavy atom. The molecule has 0 radical (unpaired) electrons. The number of unbranched alkanes of at least 4 members (excludes halogenated alkanes) is 1. The highest BCUT2D eigenvalue weighted by Crippen LogP contribution is 2.13. The number of thiocarbonyl (C=S) groups is 2. The third-order valence-corrected chi connectivity index (χ3v) is 2.88. The molecule has 0 spiro atoms. The molecule has 1 aliphatic heterocycles. The Labute approximate surface area is 101 Å². The zero-order valence-corrected chi connectivity index (χ0v) is 10.4. The standard InChI is InChI=1S/C10H16O3S2/c1-2-3-4-7-6-12-9(14)5-8(11)10(15)13-7/h7-8,11H,2-6H2,1H3. The second-order valence-electron chi connectivity index (χ2n) is 3.60. The average molecular weight is 248 g/mol. The van der Waals surface area contributed by atoms with Gasteiger partial charge >= 0.3 is 0 Å². The van der Waals surface area contributed by atoms with Crippen LogP contribution in [-0.2, 0) is 9.47 Å². The van der Waals surface area contributed by atoms with Crippen molar-refractivity contribution >= 4 is 34.5 Å². The Balaban J connectivity index is 2.51. The summed E-state index contributed by atoms with van der Waals surface area (Å²) >= 11 is 9.92. The summed E-state index contributed by atoms with van der Waals surface area (Å²) in [6, 6.07) is 0. The van der Waals surface area contributed by atoms with Crippen LogP contribution in [0.15, 0.2) is 0 Å². The summed E-state index contributed by atoms with van der Waals surface area (Å²) in [5, 5.41) is 10.2. The minimum Gasteiger partial charge on any atom is -0.483 e. The van der Waals surface area contributed by atoms with Crippen LogP contribution in [0.4, 0.5) is 0 Å². The van der Waals surface area contributed by atoms with Crippen molar-refractivity contribution in [2.75, 3.05) is 6.61 Å². The molecule has 86 valence electrons. The van der Waals surface area contributed by atoms with Crippen LogP contribution in [0, 0.1) is 0 Å². The lowest BCUT2D eigenvalue weighted by molar-refractivity contribution is 0.0730. The van der Waals surface area contributed by atoms with Gasteiger partial charge in [0.25, 0.3) is 0 Å². The Kier molecular flexibility index (Phi) is 5.42. The van der Waals surface area contributed by atoms with E-state index in [0.29, 0.717) is 11.7 Å². The van der Waals surface area contributed by atoms with Crippen LogP contribution in [-0.4, -0.2) is 34.0 Å². The molecule has 15 heavy (non-hydrogen) atoms. The maximum Gasteiger partial charge on any atom is 0.189 e. The van der Waals surface area contributed by atoms with Gasteiger partial charge in [0.2, 0.25) is 0 Å². The first-order valence-electron chi connectivity index (χ1n) is 5.17. The summed E-state index contributed by atoms with van der Waals surface area (Å²) < 4.78 is 10.7. The van der Waals surface area contributed by atoms with Crippen LogP contribution >= 0.6 is 24.4 Å². The minimum atomic E-state index is -0.808. The summed E-state index contributed by atoms with van der Waals surface area (Å²) in [6.45, 7) is 2.55. The van der Waals surface area contributed by atoms with Gasteiger partial charge in [-0.05, 0) is 37.3 Å². The van der Waals surface area contributed by atoms with Crippen molar-refractivity contribution in [1.82, 2.24) is 0 Å². The topological polar surface area (TPSA) is 38.7 Å². The zero-order valence-electron chi connectivity index (χ0n) is 8.77. The van der Waals surface area contributed by atoms with E-state index >= 15 is 0 Å². The third kappa shape index (κ3) is 4.40. The SMILES string of the molecule is CCCCC1COC(=S)CC(O)C(=S)O1. The normalized spacial score (nSPS) is 27.6. The number of ether oxygens (including phenoxy) is 2. The molecule has 1 saturated heterocycles. The largest absolute Gasteiger partial charge is 0.483 e. The summed E-state index contributed by atoms with van der Waals surface area (Å²) in [5.41, 5.74) is 0. The first-order valence-corrected chi connectivity index (χ1v) is 5.99. The lowest BCUT2D eigenvalue weighted by Crippen LogP contribution is -2.35. The molecular formula is C10H16O3S2. The lowest BCUT2D eigenvalue weighted by Gasteiger charge is -2.25. The van der Waals surface area contributed by atoms with Gasteiger partial charge < -0.3 is 14.6 Å². The highest BCUT2D eigenvalue weighted by Gasteiger charge is 2.23. The second kappa shape index (κ2) is 6.35. The van der Waals surface area contributed by atoms with Gasteiger partial charge in [0.15, 0.2) is 10.1 Å². The van der Waals surface area contributed by atoms with Crippen LogP contribution in [0.25, 0.3) is 0 Å². The number of aliphatic hydroxyl groups excluding tert-OH is 1. The number of hydrogen-bond donors (Lipinski definition) is 1. The lowest BCUT2D eigenvalue weighted by atomic mass is 10.1. The van der Waals surface area contributed by atoms with Crippen molar-refractivity contribution in [1.29, 1.82) is 0 Å². The molecule has 0 aliphatic carbocycles. The molecule has 0 aromatic carbocycles. The monoisotopic (exact) mass is 248 g/mol. The zero-order chi connectivity index (χ0) is 11.3. The minimum absolute atomic E-state index is 0.0784. The van der Waals surface area contributed by atoms with E-state index in [0.717, 1.165) is 19.3 Å². The molecule has 1 fully saturated rings. The highest BCUT2D eigenvalue weighted by atomic mass is 32.1. The van der Waals surface area contributed by atoms with Crippen molar-refractivity contribution in [3.05, 3.63) is 0 Å². The highest BCUT2D eigenvalue weighted by molar-refractivity contribution is 7.80. The fraction of sp³-hybridized carbons (Fsp3) is 0.800. The van der Waals surface area contributed by atoms with E-state index in [1.54, 1.807) is 0 Å². The molecule has 1 N–H and O–H groups in total. The predicted octanol–water partition coefficient (Wildman–Crippen LogP) is 2.00. The summed E-state index contributed by atoms with van der Waals surface area (Å²) in [7, 11) is 0. The number of hydrogen-bond acceptors (Lipinski definition) is 5. The fourth-order valence-corrected chi connectivity index (χ4v) is 1.78. The molecule has 0 bridgehead atoms. The molecular weight excluding hydrogens is 232 g/mol. The van der Waals surface area contributed by atoms with Gasteiger partial charge in [-0.15, -0.1) is 0 Å². The quantitative estimate of drug-likeness (QED) is 0.773. The van der Waals surface area contributed by atoms with Crippen molar-refractivity contribution < 1.29 is 14.6 Å². The molecule has 0 aromatic rings. The van der Waals surface area contributed by atoms with Crippen LogP contribution < -0.4 is 0 Å². The average Bonchev–Trinajstić information content (AvgIpc) is 2.20. The van der Waals surface area contributed by atoms with Crippen molar-refractivity contribution in [3.63, 3.8) is 0 Å². The van der Waals surface area contributed by atoms with Crippen LogP contribution in [0.3, 0.4) is 0 Å². The fourth-order valence-electron chi connectivity index (χ4n) is 1.34. The molecule has 1 aliphatic rings. The second-order valence-corrected chi connectivity index (χ2v) is 4.46. The molecule has 3 nitrogen and oxygen atoms in total. The Morgan fingerprint density at radius 2 is 2.20 bits per heavy atom. The van der Waals surface area contributed by atoms with Crippen LogP contribution in [0.1, 0.15) is 32.6 Å². The van der Waals surface area contributed by atoms with Gasteiger partial charge in [0, 0.05) is 0 Å². The van der Waals surface area contributed by atoms with Gasteiger partial charge in [-0.2, -0.15) is 0 Å². The summed E-state index contributed by atoms with van der Waals surface area (Å²) in [4.78, 5) is 0. The Hall–Kier alpha value is -0.260. The van der Waals surface area contributed by atoms with Crippen LogP contribution in [0.2, 0.25) is 0 Å². The van der Waals surface area contributed by atoms with Gasteiger partial charge in [-0.3, -0.25) is 0 Å². The predicted molar refractivity (Wildman–Crippen MR) is 66.2 cm³/mol. The van der Waals surface area contributed by atoms with E-state index in [-0.39, 0.29) is 17.6 Å². The molecule has 1 rings (SSSR count). The van der Waals surface area contributed by atoms with Gasteiger partial charge in [0.1, 0.15) is 18.8 Å². The maximum atomic E-state index is 9.56. The summed E-state index contributed by atoms with van der Waals surface area (Å²) in [6.07, 6.45) is 2.40. The van der Waals surface area contributed by atoms with E-state index in [9.17, 15) is 5.11 Å². The summed E-state index contributed by atoms with van der Waals surface area (Å²) in [5.74, 6) is 0. The van der Waals surface area contributed by atoms with Gasteiger partial charge in [-0.25, -0.2) is 0 Å². The van der Waals surface area contributed by atoms with Crippen molar-refractivity contribution in [2.24, 2.45) is 0 Å². The van der Waals surface area contributed by atoms with E-state index in [1.807, 2.05) is 0 Å². The smallest absolute Gasteiger partial charge is 0.189 e. The first kappa shape index (κ1) is 12.8. The van der Waals surface area contributed by atoms with Crippen LogP contribution in [0.5, 0.6) is 0 Å². The number of aliphatic hydroxyl groups is 1. The molecule has 1 heterocycles. The molecule has 5 heteroatoms. The molecule has 2 unspecified atom stereocenters. The van der Waals surface area contributed by atoms with E-state index in [4.69, 9.17) is 33.9 Å². The number of rotatable bonds is 3. The van der Waals surface area contributed by atoms with E-state index in [2.05, 4.69) is 6.92 Å². The Bertz CT molecular complexity index is 243. The van der Waals surface area contributed by atoms with E-state index < -0.39 is 6.10 Å². The molecule has 0 saturated carbocycles. The molecule has 2 atom stereocenters.